The first-order valence-electron chi connectivity index (χ1n) is 19.9. The molecule has 5 aliphatic rings. The van der Waals surface area contributed by atoms with Crippen LogP contribution in [0.25, 0.3) is 11.1 Å². The second kappa shape index (κ2) is 16.0. The van der Waals surface area contributed by atoms with E-state index in [1.54, 1.807) is 12.1 Å². The summed E-state index contributed by atoms with van der Waals surface area (Å²) in [6, 6.07) is 8.84. The fraction of sp³-hybridized carbons (Fsp3) is 0.581. The largest absolute Gasteiger partial charge is 0.508 e. The number of aliphatic hydroxyl groups is 3. The molecule has 6 N–H and O–H groups in total. The summed E-state index contributed by atoms with van der Waals surface area (Å²) in [5.41, 5.74) is 4.61. The number of fused-ring (bicyclic) bond motifs is 11. The van der Waals surface area contributed by atoms with E-state index in [2.05, 4.69) is 13.8 Å². The number of aromatic hydroxyl groups is 3. The molecule has 3 aromatic rings. The molecule has 10 nitrogen and oxygen atoms in total. The zero-order valence-electron chi connectivity index (χ0n) is 31.8. The molecule has 0 radical (unpaired) electrons. The second-order valence-electron chi connectivity index (χ2n) is 16.4. The fourth-order valence-electron chi connectivity index (χ4n) is 10.2. The summed E-state index contributed by atoms with van der Waals surface area (Å²) in [6.07, 6.45) is 5.85. The van der Waals surface area contributed by atoms with E-state index >= 15 is 0 Å². The van der Waals surface area contributed by atoms with Crippen LogP contribution in [0.5, 0.6) is 40.2 Å². The highest BCUT2D eigenvalue weighted by Crippen LogP contribution is 2.64. The summed E-state index contributed by atoms with van der Waals surface area (Å²) >= 11 is 0. The molecule has 1 saturated heterocycles. The molecule has 0 aromatic heterocycles. The highest BCUT2D eigenvalue weighted by atomic mass is 33.1. The number of ether oxygens (including phenoxy) is 4. The summed E-state index contributed by atoms with van der Waals surface area (Å²) < 4.78 is 24.8. The van der Waals surface area contributed by atoms with Gasteiger partial charge in [-0.25, -0.2) is 0 Å². The highest BCUT2D eigenvalue weighted by Gasteiger charge is 2.51. The number of hydrogen-bond donors (Lipinski definition) is 6. The fourth-order valence-corrected chi connectivity index (χ4v) is 13.8. The Hall–Kier alpha value is -3.16. The third-order valence-electron chi connectivity index (χ3n) is 12.8. The minimum atomic E-state index is -1.15. The minimum Gasteiger partial charge on any atom is -0.508 e. The van der Waals surface area contributed by atoms with Crippen molar-refractivity contribution in [2.24, 2.45) is 17.8 Å². The van der Waals surface area contributed by atoms with Crippen molar-refractivity contribution in [2.45, 2.75) is 106 Å². The lowest BCUT2D eigenvalue weighted by molar-refractivity contribution is -0.00436. The third-order valence-corrected chi connectivity index (χ3v) is 16.3. The van der Waals surface area contributed by atoms with Gasteiger partial charge in [0.2, 0.25) is 11.5 Å². The van der Waals surface area contributed by atoms with Crippen LogP contribution in [0.2, 0.25) is 0 Å². The van der Waals surface area contributed by atoms with Gasteiger partial charge in [0.15, 0.2) is 17.6 Å². The van der Waals surface area contributed by atoms with Crippen molar-refractivity contribution in [3.8, 4) is 51.4 Å². The average molecular weight is 795 g/mol. The maximum atomic E-state index is 12.9. The van der Waals surface area contributed by atoms with Gasteiger partial charge in [-0.3, -0.25) is 0 Å². The molecule has 55 heavy (non-hydrogen) atoms. The van der Waals surface area contributed by atoms with Gasteiger partial charge in [-0.05, 0) is 97.1 Å². The Balaban J connectivity index is 1.37. The van der Waals surface area contributed by atoms with Crippen LogP contribution in [0.3, 0.4) is 0 Å². The molecular weight excluding hydrogens is 741 g/mol. The number of aliphatic hydroxyl groups excluding tert-OH is 3. The van der Waals surface area contributed by atoms with Crippen LogP contribution in [0.15, 0.2) is 30.3 Å². The van der Waals surface area contributed by atoms with E-state index in [0.29, 0.717) is 41.1 Å². The molecule has 3 aromatic carbocycles. The topological polar surface area (TPSA) is 158 Å². The summed E-state index contributed by atoms with van der Waals surface area (Å²) in [5.74, 6) is 0.737. The minimum absolute atomic E-state index is 0.0225. The van der Waals surface area contributed by atoms with Gasteiger partial charge >= 0.3 is 0 Å². The van der Waals surface area contributed by atoms with E-state index in [1.165, 1.54) is 20.0 Å². The van der Waals surface area contributed by atoms with Crippen molar-refractivity contribution in [1.82, 2.24) is 0 Å². The van der Waals surface area contributed by atoms with Gasteiger partial charge in [0.25, 0.3) is 0 Å². The molecule has 2 heterocycles. The first-order chi connectivity index (χ1) is 26.6. The van der Waals surface area contributed by atoms with Crippen LogP contribution in [0.4, 0.5) is 0 Å². The molecule has 0 spiro atoms. The zero-order chi connectivity index (χ0) is 38.5. The van der Waals surface area contributed by atoms with Gasteiger partial charge in [-0.1, -0.05) is 54.3 Å². The first kappa shape index (κ1) is 38.7. The number of phenolic OH excluding ortho intramolecular Hbond substituents is 3. The van der Waals surface area contributed by atoms with Crippen molar-refractivity contribution in [3.05, 3.63) is 52.6 Å². The molecule has 2 aliphatic heterocycles. The molecule has 3 aliphatic carbocycles. The highest BCUT2D eigenvalue weighted by molar-refractivity contribution is 8.77. The monoisotopic (exact) mass is 794 g/mol. The van der Waals surface area contributed by atoms with Crippen molar-refractivity contribution < 1.29 is 49.6 Å². The number of methoxy groups -OCH3 is 1. The van der Waals surface area contributed by atoms with Crippen molar-refractivity contribution >= 4 is 21.6 Å². The Labute approximate surface area is 331 Å². The molecule has 0 amide bonds. The van der Waals surface area contributed by atoms with Gasteiger partial charge in [0.1, 0.15) is 30.0 Å². The van der Waals surface area contributed by atoms with E-state index in [4.69, 9.17) is 18.9 Å². The zero-order valence-corrected chi connectivity index (χ0v) is 33.4. The van der Waals surface area contributed by atoms with Gasteiger partial charge < -0.3 is 49.6 Å². The van der Waals surface area contributed by atoms with Crippen LogP contribution >= 0.6 is 21.6 Å². The second-order valence-corrected chi connectivity index (χ2v) is 19.3. The van der Waals surface area contributed by atoms with Crippen LogP contribution in [0, 0.1) is 17.8 Å². The van der Waals surface area contributed by atoms with Gasteiger partial charge in [-0.2, -0.15) is 0 Å². The number of hydrogen-bond acceptors (Lipinski definition) is 12. The summed E-state index contributed by atoms with van der Waals surface area (Å²) in [6.45, 7) is 4.15. The average Bonchev–Trinajstić information content (AvgIpc) is 3.22. The molecule has 0 unspecified atom stereocenters. The summed E-state index contributed by atoms with van der Waals surface area (Å²) in [4.78, 5) is 0. The molecule has 1 saturated carbocycles. The lowest BCUT2D eigenvalue weighted by atomic mass is 9.62. The Kier molecular flexibility index (Phi) is 11.3. The maximum Gasteiger partial charge on any atom is 0.207 e. The van der Waals surface area contributed by atoms with Crippen LogP contribution < -0.4 is 18.9 Å². The Morgan fingerprint density at radius 1 is 0.855 bits per heavy atom. The van der Waals surface area contributed by atoms with Crippen molar-refractivity contribution in [3.63, 3.8) is 0 Å². The predicted molar refractivity (Wildman–Crippen MR) is 214 cm³/mol. The van der Waals surface area contributed by atoms with Crippen molar-refractivity contribution in [2.75, 3.05) is 33.5 Å². The molecule has 298 valence electrons. The van der Waals surface area contributed by atoms with Crippen LogP contribution in [-0.2, 0) is 0 Å². The SMILES string of the molecule is COc1c(O)c(OCCC(C)C)cc([C@@H]2Oc3cc(OCCO)c4c5c3[C@@H]([C@H]2O)[C@@H]2CC[C@@H](C[C@H](c3cc(O)ccc3-4)[C@@H]5CO)[C@@H]3CCC[C@@H](C3)SS2)c1O. The van der Waals surface area contributed by atoms with Crippen LogP contribution in [-0.4, -0.2) is 80.8 Å². The van der Waals surface area contributed by atoms with E-state index < -0.39 is 18.1 Å². The van der Waals surface area contributed by atoms with E-state index in [9.17, 15) is 30.6 Å². The molecule has 6 bridgehead atoms. The summed E-state index contributed by atoms with van der Waals surface area (Å²) in [5, 5.41) is 68.6. The molecular formula is C43H54O10S2. The van der Waals surface area contributed by atoms with Gasteiger partial charge in [0, 0.05) is 45.1 Å². The van der Waals surface area contributed by atoms with E-state index in [1.807, 2.05) is 39.8 Å². The number of benzene rings is 3. The molecule has 2 fully saturated rings. The lowest BCUT2D eigenvalue weighted by Crippen LogP contribution is -2.41. The van der Waals surface area contributed by atoms with E-state index in [-0.39, 0.29) is 71.2 Å². The Morgan fingerprint density at radius 2 is 1.65 bits per heavy atom. The van der Waals surface area contributed by atoms with E-state index in [0.717, 1.165) is 66.3 Å². The van der Waals surface area contributed by atoms with Crippen LogP contribution in [0.1, 0.15) is 111 Å². The molecule has 8 rings (SSSR count). The Morgan fingerprint density at radius 3 is 2.42 bits per heavy atom. The standard InChI is InChI=1S/C43H54O10S2/c1-21(2)11-13-51-33-18-29(39(47)43(50-3)40(33)48)42-41(49)38-34-10-7-23(22-5-4-6-25(15-22)54-55-34)16-27-28-17-24(46)8-9-26(28)35-31(52-14-12-44)19-32(53-42)37(38)36(35)30(27)20-45/h8-9,17-19,21-23,25,27,30,34,38,41-42,44-49H,4-7,10-16,20H2,1-3H3/t22-,23+,25+,27-,30+,34+,38+,41-,42+/m1/s1. The summed E-state index contributed by atoms with van der Waals surface area (Å²) in [7, 11) is 5.16. The Bertz CT molecular complexity index is 1880. The van der Waals surface area contributed by atoms with Crippen molar-refractivity contribution in [1.29, 1.82) is 0 Å². The normalized spacial score (nSPS) is 29.3. The van der Waals surface area contributed by atoms with Gasteiger partial charge in [0.05, 0.1) is 26.9 Å². The third kappa shape index (κ3) is 6.98. The quantitative estimate of drug-likeness (QED) is 0.110. The maximum absolute atomic E-state index is 12.9. The predicted octanol–water partition coefficient (Wildman–Crippen LogP) is 8.15. The lowest BCUT2D eigenvalue weighted by Gasteiger charge is -2.47. The molecule has 9 atom stereocenters. The number of rotatable bonds is 10. The smallest absolute Gasteiger partial charge is 0.207 e. The molecule has 12 heteroatoms. The first-order valence-corrected chi connectivity index (χ1v) is 22.2. The van der Waals surface area contributed by atoms with Gasteiger partial charge in [-0.15, -0.1) is 0 Å². The number of phenols is 3.